The lowest BCUT2D eigenvalue weighted by molar-refractivity contribution is -0.235. The van der Waals surface area contributed by atoms with Crippen LogP contribution in [-0.2, 0) is 4.89 Å². The molecule has 0 saturated heterocycles. The largest absolute Gasteiger partial charge is 0.396 e. The predicted molar refractivity (Wildman–Crippen MR) is 89.8 cm³/mol. The molecule has 6 atom stereocenters. The number of hydrogen-bond acceptors (Lipinski definition) is 3. The van der Waals surface area contributed by atoms with Gasteiger partial charge in [-0.15, -0.1) is 0 Å². The molecule has 130 valence electrons. The molecule has 1 spiro atoms. The molecule has 0 radical (unpaired) electrons. The lowest BCUT2D eigenvalue weighted by Gasteiger charge is -2.64. The molecule has 4 rings (SSSR count). The molecule has 3 saturated carbocycles. The average Bonchev–Trinajstić information content (AvgIpc) is 2.78. The van der Waals surface area contributed by atoms with Gasteiger partial charge in [-0.3, -0.25) is 5.26 Å². The van der Waals surface area contributed by atoms with Gasteiger partial charge in [0.2, 0.25) is 0 Å². The van der Waals surface area contributed by atoms with Crippen molar-refractivity contribution in [3.05, 3.63) is 11.6 Å². The Labute approximate surface area is 140 Å². The first-order valence-electron chi connectivity index (χ1n) is 9.56. The van der Waals surface area contributed by atoms with Gasteiger partial charge in [0.05, 0.1) is 0 Å². The summed E-state index contributed by atoms with van der Waals surface area (Å²) in [6, 6.07) is 0. The number of fused-ring (bicyclic) bond motifs is 3. The van der Waals surface area contributed by atoms with Crippen molar-refractivity contribution in [3.63, 3.8) is 0 Å². The van der Waals surface area contributed by atoms with Crippen molar-refractivity contribution in [2.75, 3.05) is 13.2 Å². The van der Waals surface area contributed by atoms with Gasteiger partial charge in [0.25, 0.3) is 0 Å². The number of rotatable bonds is 3. The average molecular weight is 320 g/mol. The number of hydrogen-bond donors (Lipinski definition) is 2. The smallest absolute Gasteiger partial charge is 0.103 e. The molecule has 23 heavy (non-hydrogen) atoms. The summed E-state index contributed by atoms with van der Waals surface area (Å²) in [5.74, 6) is 2.03. The third-order valence-corrected chi connectivity index (χ3v) is 8.51. The van der Waals surface area contributed by atoms with Crippen LogP contribution < -0.4 is 0 Å². The van der Waals surface area contributed by atoms with Crippen molar-refractivity contribution >= 4 is 0 Å². The van der Waals surface area contributed by atoms with Gasteiger partial charge in [-0.05, 0) is 84.5 Å². The Bertz CT molecular complexity index is 515. The molecule has 4 aliphatic carbocycles. The molecular formula is C20H32O3. The maximum absolute atomic E-state index is 10.1. The topological polar surface area (TPSA) is 49.7 Å². The number of aliphatic hydroxyl groups is 1. The van der Waals surface area contributed by atoms with Crippen LogP contribution in [0.5, 0.6) is 0 Å². The first-order valence-corrected chi connectivity index (χ1v) is 9.56. The highest BCUT2D eigenvalue weighted by Gasteiger charge is 2.62. The van der Waals surface area contributed by atoms with Crippen molar-refractivity contribution in [2.24, 2.45) is 34.0 Å². The fourth-order valence-electron chi connectivity index (χ4n) is 7.61. The third kappa shape index (κ3) is 2.12. The van der Waals surface area contributed by atoms with E-state index < -0.39 is 0 Å². The van der Waals surface area contributed by atoms with Crippen LogP contribution in [0.1, 0.15) is 65.2 Å². The van der Waals surface area contributed by atoms with Crippen LogP contribution in [0.25, 0.3) is 0 Å². The summed E-state index contributed by atoms with van der Waals surface area (Å²) in [6.45, 7) is 5.60. The second kappa shape index (κ2) is 5.31. The number of aliphatic hydroxyl groups excluding tert-OH is 1. The molecule has 6 unspecified atom stereocenters. The van der Waals surface area contributed by atoms with Crippen LogP contribution in [0.3, 0.4) is 0 Å². The third-order valence-electron chi connectivity index (χ3n) is 8.51. The zero-order valence-corrected chi connectivity index (χ0v) is 14.7. The van der Waals surface area contributed by atoms with Crippen LogP contribution >= 0.6 is 0 Å². The van der Waals surface area contributed by atoms with E-state index >= 15 is 0 Å². The van der Waals surface area contributed by atoms with Crippen LogP contribution in [0.15, 0.2) is 11.6 Å². The van der Waals surface area contributed by atoms with Crippen LogP contribution in [0.2, 0.25) is 0 Å². The minimum absolute atomic E-state index is 0.116. The molecule has 3 fully saturated rings. The lowest BCUT2D eigenvalue weighted by Crippen LogP contribution is -2.57. The zero-order chi connectivity index (χ0) is 16.3. The SMILES string of the molecule is CC1(CO)CCCC2(C)C1CCC13C=C(COO)C(CCC12)C3. The van der Waals surface area contributed by atoms with E-state index in [1.165, 1.54) is 56.9 Å². The van der Waals surface area contributed by atoms with E-state index in [9.17, 15) is 5.11 Å². The van der Waals surface area contributed by atoms with E-state index in [0.717, 1.165) is 5.92 Å². The fourth-order valence-corrected chi connectivity index (χ4v) is 7.61. The summed E-state index contributed by atoms with van der Waals surface area (Å²) in [4.78, 5) is 4.49. The zero-order valence-electron chi connectivity index (χ0n) is 14.7. The van der Waals surface area contributed by atoms with E-state index in [-0.39, 0.29) is 5.41 Å². The Balaban J connectivity index is 1.70. The lowest BCUT2D eigenvalue weighted by atomic mass is 9.41. The van der Waals surface area contributed by atoms with Crippen LogP contribution in [0, 0.1) is 34.0 Å². The molecule has 4 aliphatic rings. The van der Waals surface area contributed by atoms with Gasteiger partial charge in [0, 0.05) is 6.61 Å². The Morgan fingerprint density at radius 2 is 1.96 bits per heavy atom. The fraction of sp³-hybridized carbons (Fsp3) is 0.900. The van der Waals surface area contributed by atoms with E-state index in [1.807, 2.05) is 0 Å². The highest BCUT2D eigenvalue weighted by molar-refractivity contribution is 5.28. The van der Waals surface area contributed by atoms with Crippen molar-refractivity contribution in [1.29, 1.82) is 0 Å². The molecule has 0 aromatic rings. The molecule has 0 amide bonds. The molecule has 3 heteroatoms. The van der Waals surface area contributed by atoms with Gasteiger partial charge in [0.1, 0.15) is 6.61 Å². The maximum atomic E-state index is 10.1. The second-order valence-electron chi connectivity index (χ2n) is 9.52. The monoisotopic (exact) mass is 320 g/mol. The standard InChI is InChI=1S/C20H32O3/c1-18(13-21)7-3-8-19(2)16(18)6-9-20-10-14(4-5-17(19)20)15(11-20)12-23-22/h11,14,16-17,21-22H,3-10,12-13H2,1-2H3. The van der Waals surface area contributed by atoms with Crippen molar-refractivity contribution in [2.45, 2.75) is 65.2 Å². The van der Waals surface area contributed by atoms with Gasteiger partial charge < -0.3 is 5.11 Å². The summed E-state index contributed by atoms with van der Waals surface area (Å²) in [6.07, 6.45) is 12.6. The molecule has 0 aliphatic heterocycles. The molecule has 0 heterocycles. The van der Waals surface area contributed by atoms with Crippen LogP contribution in [0.4, 0.5) is 0 Å². The first kappa shape index (κ1) is 16.1. The predicted octanol–water partition coefficient (Wildman–Crippen LogP) is 4.42. The molecule has 2 N–H and O–H groups in total. The summed E-state index contributed by atoms with van der Waals surface area (Å²) in [5, 5.41) is 19.0. The quantitative estimate of drug-likeness (QED) is 0.460. The van der Waals surface area contributed by atoms with Crippen molar-refractivity contribution in [1.82, 2.24) is 0 Å². The highest BCUT2D eigenvalue weighted by Crippen LogP contribution is 2.70. The van der Waals surface area contributed by atoms with Gasteiger partial charge in [-0.25, -0.2) is 4.89 Å². The normalized spacial score (nSPS) is 51.8. The second-order valence-corrected chi connectivity index (χ2v) is 9.52. The van der Waals surface area contributed by atoms with E-state index in [4.69, 9.17) is 5.26 Å². The van der Waals surface area contributed by atoms with Gasteiger partial charge in [-0.1, -0.05) is 26.3 Å². The Morgan fingerprint density at radius 1 is 1.13 bits per heavy atom. The minimum Gasteiger partial charge on any atom is -0.396 e. The summed E-state index contributed by atoms with van der Waals surface area (Å²) in [7, 11) is 0. The Hall–Kier alpha value is -0.380. The summed E-state index contributed by atoms with van der Waals surface area (Å²) >= 11 is 0. The highest BCUT2D eigenvalue weighted by atomic mass is 17.1. The minimum atomic E-state index is 0.116. The summed E-state index contributed by atoms with van der Waals surface area (Å²) in [5.41, 5.74) is 2.17. The maximum Gasteiger partial charge on any atom is 0.103 e. The Morgan fingerprint density at radius 3 is 2.70 bits per heavy atom. The first-order chi connectivity index (χ1) is 11.0. The molecule has 0 aromatic heterocycles. The molecule has 3 nitrogen and oxygen atoms in total. The summed E-state index contributed by atoms with van der Waals surface area (Å²) < 4.78 is 0. The number of allylic oxidation sites excluding steroid dienone is 1. The van der Waals surface area contributed by atoms with Gasteiger partial charge in [0.15, 0.2) is 0 Å². The van der Waals surface area contributed by atoms with Crippen LogP contribution in [-0.4, -0.2) is 23.6 Å². The van der Waals surface area contributed by atoms with Gasteiger partial charge >= 0.3 is 0 Å². The molecule has 0 aromatic carbocycles. The van der Waals surface area contributed by atoms with E-state index in [0.29, 0.717) is 35.9 Å². The van der Waals surface area contributed by atoms with Gasteiger partial charge in [-0.2, -0.15) is 0 Å². The van der Waals surface area contributed by atoms with Crippen molar-refractivity contribution in [3.8, 4) is 0 Å². The van der Waals surface area contributed by atoms with E-state index in [2.05, 4.69) is 24.8 Å². The van der Waals surface area contributed by atoms with Crippen molar-refractivity contribution < 1.29 is 15.3 Å². The Kier molecular flexibility index (Phi) is 3.72. The molecular weight excluding hydrogens is 288 g/mol. The van der Waals surface area contributed by atoms with E-state index in [1.54, 1.807) is 0 Å². The molecule has 2 bridgehead atoms.